The highest BCUT2D eigenvalue weighted by molar-refractivity contribution is 14.0. The van der Waals surface area contributed by atoms with Crippen molar-refractivity contribution in [3.05, 3.63) is 47.5 Å². The van der Waals surface area contributed by atoms with E-state index in [1.54, 1.807) is 11.0 Å². The molecule has 0 aliphatic carbocycles. The number of aryl methyl sites for hydroxylation is 2. The third-order valence-electron chi connectivity index (χ3n) is 4.58. The van der Waals surface area contributed by atoms with Crippen LogP contribution in [0.25, 0.3) is 0 Å². The maximum Gasteiger partial charge on any atom is 0.194 e. The van der Waals surface area contributed by atoms with Crippen LogP contribution in [0.3, 0.4) is 0 Å². The summed E-state index contributed by atoms with van der Waals surface area (Å²) in [5.74, 6) is 1.83. The number of aromatic nitrogens is 3. The molecular weight excluding hydrogens is 441 g/mol. The van der Waals surface area contributed by atoms with Crippen LogP contribution in [-0.4, -0.2) is 63.8 Å². The van der Waals surface area contributed by atoms with Crippen molar-refractivity contribution in [3.8, 4) is 0 Å². The second kappa shape index (κ2) is 9.86. The summed E-state index contributed by atoms with van der Waals surface area (Å²) in [6.45, 7) is 7.83. The van der Waals surface area contributed by atoms with Crippen LogP contribution >= 0.6 is 24.0 Å². The minimum absolute atomic E-state index is 0. The molecule has 0 amide bonds. The van der Waals surface area contributed by atoms with Gasteiger partial charge in [-0.15, -0.1) is 24.0 Å². The van der Waals surface area contributed by atoms with E-state index in [-0.39, 0.29) is 24.0 Å². The van der Waals surface area contributed by atoms with E-state index in [1.165, 1.54) is 11.1 Å². The number of halogens is 1. The van der Waals surface area contributed by atoms with E-state index in [0.29, 0.717) is 6.54 Å². The van der Waals surface area contributed by atoms with Crippen LogP contribution in [0.4, 0.5) is 0 Å². The van der Waals surface area contributed by atoms with Crippen LogP contribution in [0.2, 0.25) is 0 Å². The Hall–Kier alpha value is -1.68. The summed E-state index contributed by atoms with van der Waals surface area (Å²) in [4.78, 5) is 13.5. The smallest absolute Gasteiger partial charge is 0.194 e. The molecule has 8 heteroatoms. The van der Waals surface area contributed by atoms with Crippen LogP contribution in [0, 0.1) is 6.92 Å². The minimum atomic E-state index is 0. The Bertz CT molecular complexity index is 720. The van der Waals surface area contributed by atoms with Crippen molar-refractivity contribution < 1.29 is 0 Å². The van der Waals surface area contributed by atoms with Crippen molar-refractivity contribution in [3.63, 3.8) is 0 Å². The highest BCUT2D eigenvalue weighted by Gasteiger charge is 2.19. The number of guanidine groups is 1. The molecule has 1 aromatic heterocycles. The van der Waals surface area contributed by atoms with Crippen molar-refractivity contribution in [2.45, 2.75) is 20.0 Å². The first-order valence-electron chi connectivity index (χ1n) is 8.72. The number of nitrogens with one attached hydrogen (secondary N) is 1. The van der Waals surface area contributed by atoms with Crippen LogP contribution in [0.1, 0.15) is 17.0 Å². The average molecular weight is 469 g/mol. The summed E-state index contributed by atoms with van der Waals surface area (Å²) in [5.41, 5.74) is 2.71. The van der Waals surface area contributed by atoms with E-state index in [0.717, 1.165) is 44.5 Å². The van der Waals surface area contributed by atoms with Gasteiger partial charge in [-0.1, -0.05) is 29.8 Å². The van der Waals surface area contributed by atoms with Crippen molar-refractivity contribution in [2.24, 2.45) is 12.0 Å². The summed E-state index contributed by atoms with van der Waals surface area (Å²) in [6, 6.07) is 8.77. The van der Waals surface area contributed by atoms with Gasteiger partial charge in [-0.05, 0) is 12.5 Å². The van der Waals surface area contributed by atoms with Gasteiger partial charge in [-0.25, -0.2) is 4.98 Å². The lowest BCUT2D eigenvalue weighted by Gasteiger charge is -2.36. The number of aliphatic imine (C=N–C) groups is 1. The van der Waals surface area contributed by atoms with Gasteiger partial charge in [-0.2, -0.15) is 5.10 Å². The molecular formula is C18H28IN7. The molecule has 0 bridgehead atoms. The van der Waals surface area contributed by atoms with Crippen LogP contribution in [0.15, 0.2) is 35.6 Å². The van der Waals surface area contributed by atoms with Gasteiger partial charge in [0, 0.05) is 46.8 Å². The number of rotatable bonds is 4. The zero-order valence-electron chi connectivity index (χ0n) is 15.7. The standard InChI is InChI=1S/C18H27N7.HI/c1-15-5-4-6-16(11-15)13-24-7-9-25(10-8-24)18(19-2)20-12-17-21-14-22-23(17)3;/h4-6,11,14H,7-10,12-13H2,1-3H3,(H,19,20);1H. The quantitative estimate of drug-likeness (QED) is 0.419. The van der Waals surface area contributed by atoms with Gasteiger partial charge in [0.25, 0.3) is 0 Å². The molecule has 1 N–H and O–H groups in total. The second-order valence-electron chi connectivity index (χ2n) is 6.45. The lowest BCUT2D eigenvalue weighted by Crippen LogP contribution is -2.52. The zero-order valence-corrected chi connectivity index (χ0v) is 18.1. The second-order valence-corrected chi connectivity index (χ2v) is 6.45. The molecule has 142 valence electrons. The van der Waals surface area contributed by atoms with E-state index < -0.39 is 0 Å². The molecule has 0 saturated carbocycles. The third-order valence-corrected chi connectivity index (χ3v) is 4.58. The van der Waals surface area contributed by atoms with E-state index in [9.17, 15) is 0 Å². The van der Waals surface area contributed by atoms with Crippen LogP contribution < -0.4 is 5.32 Å². The Morgan fingerprint density at radius 3 is 2.62 bits per heavy atom. The number of nitrogens with zero attached hydrogens (tertiary/aromatic N) is 6. The highest BCUT2D eigenvalue weighted by Crippen LogP contribution is 2.10. The molecule has 0 spiro atoms. The fraction of sp³-hybridized carbons (Fsp3) is 0.500. The lowest BCUT2D eigenvalue weighted by atomic mass is 10.1. The molecule has 0 unspecified atom stereocenters. The Morgan fingerprint density at radius 2 is 2.00 bits per heavy atom. The number of benzene rings is 1. The lowest BCUT2D eigenvalue weighted by molar-refractivity contribution is 0.172. The maximum absolute atomic E-state index is 4.42. The third kappa shape index (κ3) is 5.41. The summed E-state index contributed by atoms with van der Waals surface area (Å²) >= 11 is 0. The van der Waals surface area contributed by atoms with Gasteiger partial charge >= 0.3 is 0 Å². The Balaban J connectivity index is 0.00000243. The summed E-state index contributed by atoms with van der Waals surface area (Å²) in [6.07, 6.45) is 1.57. The van der Waals surface area contributed by atoms with Gasteiger partial charge in [0.05, 0.1) is 6.54 Å². The Labute approximate surface area is 172 Å². The molecule has 26 heavy (non-hydrogen) atoms. The van der Waals surface area contributed by atoms with Gasteiger partial charge in [-0.3, -0.25) is 14.6 Å². The van der Waals surface area contributed by atoms with E-state index in [4.69, 9.17) is 0 Å². The van der Waals surface area contributed by atoms with E-state index in [1.807, 2.05) is 14.1 Å². The SMILES string of the molecule is CN=C(NCc1ncnn1C)N1CCN(Cc2cccc(C)c2)CC1.I. The van der Waals surface area contributed by atoms with Gasteiger partial charge in [0.1, 0.15) is 12.2 Å². The molecule has 2 aromatic rings. The number of hydrogen-bond acceptors (Lipinski definition) is 4. The molecule has 0 atom stereocenters. The fourth-order valence-electron chi connectivity index (χ4n) is 3.16. The summed E-state index contributed by atoms with van der Waals surface area (Å²) in [5, 5.41) is 7.48. The molecule has 1 aliphatic heterocycles. The van der Waals surface area contributed by atoms with Gasteiger partial charge in [0.2, 0.25) is 0 Å². The molecule has 1 fully saturated rings. The normalized spacial score (nSPS) is 15.7. The topological polar surface area (TPSA) is 61.6 Å². The van der Waals surface area contributed by atoms with E-state index in [2.05, 4.69) is 61.4 Å². The van der Waals surface area contributed by atoms with Crippen LogP contribution in [-0.2, 0) is 20.1 Å². The van der Waals surface area contributed by atoms with Gasteiger partial charge < -0.3 is 10.2 Å². The van der Waals surface area contributed by atoms with Crippen LogP contribution in [0.5, 0.6) is 0 Å². The number of piperazine rings is 1. The van der Waals surface area contributed by atoms with Crippen molar-refractivity contribution in [1.82, 2.24) is 29.9 Å². The zero-order chi connectivity index (χ0) is 17.6. The summed E-state index contributed by atoms with van der Waals surface area (Å²) in [7, 11) is 3.73. The van der Waals surface area contributed by atoms with Crippen molar-refractivity contribution in [1.29, 1.82) is 0 Å². The first-order chi connectivity index (χ1) is 12.2. The minimum Gasteiger partial charge on any atom is -0.349 e. The number of hydrogen-bond donors (Lipinski definition) is 1. The monoisotopic (exact) mass is 469 g/mol. The Kier molecular flexibility index (Phi) is 7.83. The maximum atomic E-state index is 4.42. The Morgan fingerprint density at radius 1 is 1.23 bits per heavy atom. The van der Waals surface area contributed by atoms with Gasteiger partial charge in [0.15, 0.2) is 5.96 Å². The highest BCUT2D eigenvalue weighted by atomic mass is 127. The summed E-state index contributed by atoms with van der Waals surface area (Å²) < 4.78 is 1.78. The molecule has 3 rings (SSSR count). The molecule has 1 aliphatic rings. The first kappa shape index (κ1) is 20.6. The molecule has 1 aromatic carbocycles. The molecule has 7 nitrogen and oxygen atoms in total. The largest absolute Gasteiger partial charge is 0.349 e. The average Bonchev–Trinajstić information content (AvgIpc) is 3.02. The fourth-order valence-corrected chi connectivity index (χ4v) is 3.16. The molecule has 2 heterocycles. The van der Waals surface area contributed by atoms with E-state index >= 15 is 0 Å². The van der Waals surface area contributed by atoms with Crippen molar-refractivity contribution in [2.75, 3.05) is 33.2 Å². The predicted octanol–water partition coefficient (Wildman–Crippen LogP) is 1.63. The van der Waals surface area contributed by atoms with Crippen molar-refractivity contribution >= 4 is 29.9 Å². The first-order valence-corrected chi connectivity index (χ1v) is 8.72. The molecule has 1 saturated heterocycles. The molecule has 0 radical (unpaired) electrons. The predicted molar refractivity (Wildman–Crippen MR) is 115 cm³/mol.